The first kappa shape index (κ1) is 13.9. The van der Waals surface area contributed by atoms with Crippen LogP contribution in [0.2, 0.25) is 0 Å². The van der Waals surface area contributed by atoms with Crippen molar-refractivity contribution < 1.29 is 18.3 Å². The molecule has 1 aliphatic rings. The lowest BCUT2D eigenvalue weighted by molar-refractivity contribution is -0.122. The van der Waals surface area contributed by atoms with Crippen molar-refractivity contribution in [3.63, 3.8) is 0 Å². The van der Waals surface area contributed by atoms with Crippen LogP contribution in [-0.2, 0) is 21.2 Å². The highest BCUT2D eigenvalue weighted by Crippen LogP contribution is 2.11. The maximum atomic E-state index is 11.7. The number of hydrogen-bond donors (Lipinski definition) is 2. The second-order valence-corrected chi connectivity index (χ2v) is 6.91. The molecule has 1 aromatic heterocycles. The van der Waals surface area contributed by atoms with Gasteiger partial charge in [0.1, 0.15) is 12.2 Å². The molecule has 9 heteroatoms. The van der Waals surface area contributed by atoms with Gasteiger partial charge in [-0.15, -0.1) is 5.10 Å². The van der Waals surface area contributed by atoms with E-state index >= 15 is 0 Å². The highest BCUT2D eigenvalue weighted by Gasteiger charge is 2.28. The highest BCUT2D eigenvalue weighted by atomic mass is 32.2. The Bertz CT molecular complexity index is 566. The normalized spacial score (nSPS) is 23.2. The molecule has 1 amide bonds. The SMILES string of the molecule is CC(O)c1cn(CC(=O)NC2CCS(=O)(=O)C2)nn1. The van der Waals surface area contributed by atoms with Crippen LogP contribution in [0.15, 0.2) is 6.20 Å². The third-order valence-corrected chi connectivity index (χ3v) is 4.66. The van der Waals surface area contributed by atoms with Crippen LogP contribution in [0.4, 0.5) is 0 Å². The van der Waals surface area contributed by atoms with Crippen LogP contribution < -0.4 is 5.32 Å². The minimum Gasteiger partial charge on any atom is -0.387 e. The van der Waals surface area contributed by atoms with Gasteiger partial charge in [0, 0.05) is 6.04 Å². The number of nitrogens with one attached hydrogen (secondary N) is 1. The molecule has 0 aliphatic carbocycles. The van der Waals surface area contributed by atoms with Crippen molar-refractivity contribution in [2.75, 3.05) is 11.5 Å². The van der Waals surface area contributed by atoms with Crippen molar-refractivity contribution in [2.24, 2.45) is 0 Å². The van der Waals surface area contributed by atoms with E-state index in [1.165, 1.54) is 10.9 Å². The number of rotatable bonds is 4. The lowest BCUT2D eigenvalue weighted by Crippen LogP contribution is -2.37. The number of nitrogens with zero attached hydrogens (tertiary/aromatic N) is 3. The molecule has 2 rings (SSSR count). The lowest BCUT2D eigenvalue weighted by Gasteiger charge is -2.10. The first-order valence-electron chi connectivity index (χ1n) is 5.93. The van der Waals surface area contributed by atoms with Gasteiger partial charge in [0.25, 0.3) is 0 Å². The fourth-order valence-electron chi connectivity index (χ4n) is 1.91. The maximum Gasteiger partial charge on any atom is 0.242 e. The second-order valence-electron chi connectivity index (χ2n) is 4.68. The molecule has 19 heavy (non-hydrogen) atoms. The molecule has 1 fully saturated rings. The monoisotopic (exact) mass is 288 g/mol. The van der Waals surface area contributed by atoms with Crippen LogP contribution in [0.5, 0.6) is 0 Å². The van der Waals surface area contributed by atoms with E-state index in [0.717, 1.165) is 0 Å². The van der Waals surface area contributed by atoms with Gasteiger partial charge in [-0.25, -0.2) is 13.1 Å². The average molecular weight is 288 g/mol. The number of carbonyl (C=O) groups is 1. The van der Waals surface area contributed by atoms with E-state index in [9.17, 15) is 18.3 Å². The Morgan fingerprint density at radius 2 is 2.42 bits per heavy atom. The fraction of sp³-hybridized carbons (Fsp3) is 0.700. The van der Waals surface area contributed by atoms with Crippen LogP contribution in [0.3, 0.4) is 0 Å². The van der Waals surface area contributed by atoms with E-state index in [1.54, 1.807) is 6.92 Å². The molecule has 0 radical (unpaired) electrons. The zero-order valence-corrected chi connectivity index (χ0v) is 11.3. The predicted octanol–water partition coefficient (Wildman–Crippen LogP) is -1.37. The van der Waals surface area contributed by atoms with E-state index < -0.39 is 15.9 Å². The molecule has 0 saturated carbocycles. The second kappa shape index (κ2) is 5.25. The van der Waals surface area contributed by atoms with Crippen molar-refractivity contribution in [1.29, 1.82) is 0 Å². The van der Waals surface area contributed by atoms with Crippen molar-refractivity contribution in [3.8, 4) is 0 Å². The highest BCUT2D eigenvalue weighted by molar-refractivity contribution is 7.91. The van der Waals surface area contributed by atoms with Crippen LogP contribution in [0.1, 0.15) is 25.1 Å². The molecule has 0 spiro atoms. The summed E-state index contributed by atoms with van der Waals surface area (Å²) < 4.78 is 23.8. The van der Waals surface area contributed by atoms with Gasteiger partial charge >= 0.3 is 0 Å². The average Bonchev–Trinajstić information content (AvgIpc) is 2.85. The van der Waals surface area contributed by atoms with Crippen molar-refractivity contribution in [2.45, 2.75) is 32.0 Å². The Labute approximate surface area is 110 Å². The summed E-state index contributed by atoms with van der Waals surface area (Å²) >= 11 is 0. The molecule has 106 valence electrons. The number of sulfone groups is 1. The molecule has 1 aromatic rings. The molecule has 2 atom stereocenters. The van der Waals surface area contributed by atoms with Crippen LogP contribution in [0.25, 0.3) is 0 Å². The summed E-state index contributed by atoms with van der Waals surface area (Å²) in [4.78, 5) is 11.7. The molecule has 0 aromatic carbocycles. The predicted molar refractivity (Wildman–Crippen MR) is 65.9 cm³/mol. The van der Waals surface area contributed by atoms with Gasteiger partial charge in [-0.3, -0.25) is 4.79 Å². The quantitative estimate of drug-likeness (QED) is 0.707. The number of aliphatic hydroxyl groups is 1. The van der Waals surface area contributed by atoms with E-state index in [2.05, 4.69) is 15.6 Å². The minimum atomic E-state index is -3.00. The molecule has 8 nitrogen and oxygen atoms in total. The third-order valence-electron chi connectivity index (χ3n) is 2.89. The zero-order valence-electron chi connectivity index (χ0n) is 10.5. The number of aromatic nitrogens is 3. The number of amides is 1. The Kier molecular flexibility index (Phi) is 3.85. The number of carbonyl (C=O) groups excluding carboxylic acids is 1. The molecule has 1 aliphatic heterocycles. The smallest absolute Gasteiger partial charge is 0.242 e. The Hall–Kier alpha value is -1.48. The summed E-state index contributed by atoms with van der Waals surface area (Å²) in [5, 5.41) is 19.3. The van der Waals surface area contributed by atoms with E-state index in [-0.39, 0.29) is 30.0 Å². The summed E-state index contributed by atoms with van der Waals surface area (Å²) in [6.07, 6.45) is 1.19. The van der Waals surface area contributed by atoms with Crippen LogP contribution in [-0.4, -0.2) is 52.0 Å². The molecule has 2 N–H and O–H groups in total. The largest absolute Gasteiger partial charge is 0.387 e. The van der Waals surface area contributed by atoms with E-state index in [0.29, 0.717) is 12.1 Å². The van der Waals surface area contributed by atoms with Gasteiger partial charge in [-0.05, 0) is 13.3 Å². The van der Waals surface area contributed by atoms with Gasteiger partial charge in [-0.2, -0.15) is 0 Å². The fourth-order valence-corrected chi connectivity index (χ4v) is 3.58. The lowest BCUT2D eigenvalue weighted by atomic mass is 10.2. The van der Waals surface area contributed by atoms with Crippen molar-refractivity contribution in [1.82, 2.24) is 20.3 Å². The minimum absolute atomic E-state index is 0.00494. The third kappa shape index (κ3) is 3.74. The summed E-state index contributed by atoms with van der Waals surface area (Å²) in [7, 11) is -3.00. The molecule has 0 bridgehead atoms. The van der Waals surface area contributed by atoms with E-state index in [1.807, 2.05) is 0 Å². The molecular formula is C10H16N4O4S. The van der Waals surface area contributed by atoms with Gasteiger partial charge in [0.15, 0.2) is 9.84 Å². The van der Waals surface area contributed by atoms with Gasteiger partial charge in [-0.1, -0.05) is 5.21 Å². The van der Waals surface area contributed by atoms with Gasteiger partial charge in [0.2, 0.25) is 5.91 Å². The standard InChI is InChI=1S/C10H16N4O4S/c1-7(15)9-4-14(13-12-9)5-10(16)11-8-2-3-19(17,18)6-8/h4,7-8,15H,2-3,5-6H2,1H3,(H,11,16). The molecular weight excluding hydrogens is 272 g/mol. The topological polar surface area (TPSA) is 114 Å². The maximum absolute atomic E-state index is 11.7. The van der Waals surface area contributed by atoms with Crippen LogP contribution in [0, 0.1) is 0 Å². The Morgan fingerprint density at radius 1 is 1.68 bits per heavy atom. The molecule has 1 saturated heterocycles. The first-order chi connectivity index (χ1) is 8.85. The van der Waals surface area contributed by atoms with E-state index in [4.69, 9.17) is 0 Å². The summed E-state index contributed by atoms with van der Waals surface area (Å²) in [6.45, 7) is 1.51. The summed E-state index contributed by atoms with van der Waals surface area (Å²) in [6, 6.07) is -0.322. The van der Waals surface area contributed by atoms with Gasteiger partial charge < -0.3 is 10.4 Å². The van der Waals surface area contributed by atoms with Gasteiger partial charge in [0.05, 0.1) is 23.8 Å². The summed E-state index contributed by atoms with van der Waals surface area (Å²) in [5.41, 5.74) is 0.385. The first-order valence-corrected chi connectivity index (χ1v) is 7.76. The van der Waals surface area contributed by atoms with Crippen molar-refractivity contribution >= 4 is 15.7 Å². The Morgan fingerprint density at radius 3 is 2.95 bits per heavy atom. The molecule has 2 heterocycles. The van der Waals surface area contributed by atoms with Crippen molar-refractivity contribution in [3.05, 3.63) is 11.9 Å². The summed E-state index contributed by atoms with van der Waals surface area (Å²) in [5.74, 6) is -0.202. The zero-order chi connectivity index (χ0) is 14.0. The van der Waals surface area contributed by atoms with Crippen LogP contribution >= 0.6 is 0 Å². The number of hydrogen-bond acceptors (Lipinski definition) is 6. The number of aliphatic hydroxyl groups excluding tert-OH is 1. The Balaban J connectivity index is 1.87. The molecule has 2 unspecified atom stereocenters.